The molecule has 1 aliphatic carbocycles. The van der Waals surface area contributed by atoms with Gasteiger partial charge in [0, 0.05) is 30.6 Å². The van der Waals surface area contributed by atoms with Gasteiger partial charge in [-0.05, 0) is 55.3 Å². The van der Waals surface area contributed by atoms with Gasteiger partial charge in [0.15, 0.2) is 0 Å². The summed E-state index contributed by atoms with van der Waals surface area (Å²) in [5.74, 6) is 1.22. The van der Waals surface area contributed by atoms with Gasteiger partial charge in [-0.1, -0.05) is 35.9 Å². The number of amidine groups is 1. The van der Waals surface area contributed by atoms with E-state index in [0.29, 0.717) is 46.6 Å². The van der Waals surface area contributed by atoms with E-state index in [-0.39, 0.29) is 25.0 Å². The lowest BCUT2D eigenvalue weighted by atomic mass is 9.90. The summed E-state index contributed by atoms with van der Waals surface area (Å²) in [6, 6.07) is 11.0. The molecule has 2 aromatic rings. The molecule has 0 bridgehead atoms. The number of piperazine rings is 1. The van der Waals surface area contributed by atoms with Gasteiger partial charge >= 0.3 is 6.03 Å². The van der Waals surface area contributed by atoms with Crippen molar-refractivity contribution in [3.8, 4) is 11.5 Å². The Labute approximate surface area is 238 Å². The minimum atomic E-state index is -1.19. The SMILES string of the molecule is COc1ccc(C2=NC(c3ccc(Cl)cc3)C(C3=CC(F)CC=C3)N2C(=O)N2CCNC(=O)C2)c(OC(C)C)c1. The van der Waals surface area contributed by atoms with Crippen LogP contribution in [-0.4, -0.2) is 72.6 Å². The summed E-state index contributed by atoms with van der Waals surface area (Å²) >= 11 is 6.19. The van der Waals surface area contributed by atoms with E-state index < -0.39 is 24.3 Å². The van der Waals surface area contributed by atoms with Gasteiger partial charge in [-0.3, -0.25) is 14.7 Å². The molecule has 0 aromatic heterocycles. The Hall–Kier alpha value is -3.85. The van der Waals surface area contributed by atoms with Gasteiger partial charge in [0.05, 0.1) is 24.8 Å². The second-order valence-electron chi connectivity index (χ2n) is 10.2. The van der Waals surface area contributed by atoms with Crippen LogP contribution >= 0.6 is 11.6 Å². The van der Waals surface area contributed by atoms with Crippen molar-refractivity contribution in [3.05, 3.63) is 82.4 Å². The third-order valence-electron chi connectivity index (χ3n) is 6.97. The number of urea groups is 1. The highest BCUT2D eigenvalue weighted by molar-refractivity contribution is 6.30. The fraction of sp³-hybridized carbons (Fsp3) is 0.367. The Kier molecular flexibility index (Phi) is 8.12. The number of aliphatic imine (C=N–C) groups is 1. The summed E-state index contributed by atoms with van der Waals surface area (Å²) in [5.41, 5.74) is 2.03. The minimum Gasteiger partial charge on any atom is -0.497 e. The van der Waals surface area contributed by atoms with Crippen molar-refractivity contribution in [1.29, 1.82) is 0 Å². The molecule has 40 heavy (non-hydrogen) atoms. The number of carbonyl (C=O) groups is 2. The number of rotatable bonds is 6. The molecular weight excluding hydrogens is 535 g/mol. The van der Waals surface area contributed by atoms with Crippen LogP contribution in [-0.2, 0) is 4.79 Å². The van der Waals surface area contributed by atoms with Crippen molar-refractivity contribution in [2.24, 2.45) is 4.99 Å². The maximum absolute atomic E-state index is 14.7. The molecule has 1 N–H and O–H groups in total. The first-order valence-corrected chi connectivity index (χ1v) is 13.7. The second-order valence-corrected chi connectivity index (χ2v) is 10.6. The number of allylic oxidation sites excluding steroid dienone is 2. The molecule has 2 aliphatic heterocycles. The molecule has 3 atom stereocenters. The third kappa shape index (κ3) is 5.70. The van der Waals surface area contributed by atoms with Crippen LogP contribution in [0.3, 0.4) is 0 Å². The molecule has 0 saturated carbocycles. The molecule has 1 saturated heterocycles. The van der Waals surface area contributed by atoms with Gasteiger partial charge < -0.3 is 19.7 Å². The number of ether oxygens (including phenoxy) is 2. The van der Waals surface area contributed by atoms with E-state index in [1.165, 1.54) is 4.90 Å². The van der Waals surface area contributed by atoms with E-state index in [0.717, 1.165) is 5.56 Å². The van der Waals surface area contributed by atoms with Crippen molar-refractivity contribution in [2.45, 2.75) is 44.6 Å². The van der Waals surface area contributed by atoms with E-state index in [9.17, 15) is 14.0 Å². The quantitative estimate of drug-likeness (QED) is 0.528. The van der Waals surface area contributed by atoms with Crippen molar-refractivity contribution in [1.82, 2.24) is 15.1 Å². The Morgan fingerprint density at radius 3 is 2.65 bits per heavy atom. The number of carbonyl (C=O) groups excluding carboxylic acids is 2. The molecule has 1 fully saturated rings. The number of halogens is 2. The summed E-state index contributed by atoms with van der Waals surface area (Å²) < 4.78 is 26.3. The molecular formula is C30H32ClFN4O4. The van der Waals surface area contributed by atoms with Gasteiger partial charge in [-0.15, -0.1) is 0 Å². The highest BCUT2D eigenvalue weighted by atomic mass is 35.5. The summed E-state index contributed by atoms with van der Waals surface area (Å²) in [4.78, 5) is 34.8. The van der Waals surface area contributed by atoms with Crippen LogP contribution in [0.5, 0.6) is 11.5 Å². The van der Waals surface area contributed by atoms with Crippen molar-refractivity contribution >= 4 is 29.4 Å². The fourth-order valence-electron chi connectivity index (χ4n) is 5.18. The molecule has 0 spiro atoms. The summed E-state index contributed by atoms with van der Waals surface area (Å²) in [6.45, 7) is 4.42. The van der Waals surface area contributed by atoms with E-state index in [2.05, 4.69) is 5.32 Å². The number of nitrogens with one attached hydrogen (secondary N) is 1. The van der Waals surface area contributed by atoms with Crippen LogP contribution in [0.25, 0.3) is 0 Å². The molecule has 0 radical (unpaired) electrons. The first-order chi connectivity index (χ1) is 19.2. The number of benzene rings is 2. The molecule has 3 amide bonds. The average molecular weight is 567 g/mol. The molecule has 3 aliphatic rings. The van der Waals surface area contributed by atoms with Crippen LogP contribution in [0.4, 0.5) is 9.18 Å². The number of methoxy groups -OCH3 is 1. The van der Waals surface area contributed by atoms with Gasteiger partial charge in [0.2, 0.25) is 5.91 Å². The number of hydrogen-bond donors (Lipinski definition) is 1. The van der Waals surface area contributed by atoms with E-state index >= 15 is 0 Å². The van der Waals surface area contributed by atoms with Gasteiger partial charge in [0.1, 0.15) is 36.1 Å². The summed E-state index contributed by atoms with van der Waals surface area (Å²) in [6.07, 6.45) is 4.09. The van der Waals surface area contributed by atoms with Crippen LogP contribution in [0, 0.1) is 0 Å². The molecule has 5 rings (SSSR count). The number of amides is 3. The van der Waals surface area contributed by atoms with Crippen LogP contribution in [0.15, 0.2) is 71.3 Å². The van der Waals surface area contributed by atoms with Crippen molar-refractivity contribution in [2.75, 3.05) is 26.7 Å². The highest BCUT2D eigenvalue weighted by Crippen LogP contribution is 2.42. The van der Waals surface area contributed by atoms with E-state index in [4.69, 9.17) is 26.1 Å². The predicted molar refractivity (Wildman–Crippen MR) is 152 cm³/mol. The second kappa shape index (κ2) is 11.7. The zero-order chi connectivity index (χ0) is 28.4. The molecule has 3 unspecified atom stereocenters. The molecule has 2 aromatic carbocycles. The predicted octanol–water partition coefficient (Wildman–Crippen LogP) is 5.08. The van der Waals surface area contributed by atoms with E-state index in [1.807, 2.05) is 38.1 Å². The van der Waals surface area contributed by atoms with Gasteiger partial charge in [0.25, 0.3) is 0 Å². The minimum absolute atomic E-state index is 0.0838. The average Bonchev–Trinajstić information content (AvgIpc) is 3.33. The summed E-state index contributed by atoms with van der Waals surface area (Å²) in [5, 5.41) is 3.33. The Balaban J connectivity index is 1.70. The monoisotopic (exact) mass is 566 g/mol. The highest BCUT2D eigenvalue weighted by Gasteiger charge is 2.46. The third-order valence-corrected chi connectivity index (χ3v) is 7.22. The Bertz CT molecular complexity index is 1370. The molecule has 210 valence electrons. The first kappa shape index (κ1) is 27.7. The molecule has 10 heteroatoms. The lowest BCUT2D eigenvalue weighted by molar-refractivity contribution is -0.123. The van der Waals surface area contributed by atoms with Gasteiger partial charge in [-0.25, -0.2) is 9.18 Å². The topological polar surface area (TPSA) is 83.5 Å². The fourth-order valence-corrected chi connectivity index (χ4v) is 5.30. The smallest absolute Gasteiger partial charge is 0.326 e. The molecule has 2 heterocycles. The lowest BCUT2D eigenvalue weighted by Crippen LogP contribution is -2.56. The van der Waals surface area contributed by atoms with Crippen LogP contribution in [0.2, 0.25) is 5.02 Å². The van der Waals surface area contributed by atoms with E-state index in [1.54, 1.807) is 48.4 Å². The maximum atomic E-state index is 14.7. The van der Waals surface area contributed by atoms with Crippen molar-refractivity contribution < 1.29 is 23.5 Å². The zero-order valence-corrected chi connectivity index (χ0v) is 23.4. The summed E-state index contributed by atoms with van der Waals surface area (Å²) in [7, 11) is 1.57. The van der Waals surface area contributed by atoms with Crippen LogP contribution in [0.1, 0.15) is 37.4 Å². The lowest BCUT2D eigenvalue weighted by Gasteiger charge is -2.36. The molecule has 8 nitrogen and oxygen atoms in total. The number of hydrogen-bond acceptors (Lipinski definition) is 5. The largest absolute Gasteiger partial charge is 0.497 e. The maximum Gasteiger partial charge on any atom is 0.326 e. The standard InChI is InChI=1S/C30H32ClFN4O4/c1-18(2)40-25-16-23(39-3)11-12-24(25)29-34-27(19-7-9-21(31)10-8-19)28(20-5-4-6-22(32)15-20)36(29)30(38)35-14-13-33-26(37)17-35/h4-5,7-12,15-16,18,22,27-28H,6,13-14,17H2,1-3H3,(H,33,37). The zero-order valence-electron chi connectivity index (χ0n) is 22.6. The Morgan fingerprint density at radius 2 is 1.98 bits per heavy atom. The first-order valence-electron chi connectivity index (χ1n) is 13.3. The Morgan fingerprint density at radius 1 is 1.20 bits per heavy atom. The van der Waals surface area contributed by atoms with Crippen molar-refractivity contribution in [3.63, 3.8) is 0 Å². The van der Waals surface area contributed by atoms with Gasteiger partial charge in [-0.2, -0.15) is 0 Å². The number of alkyl halides is 1. The van der Waals surface area contributed by atoms with Crippen LogP contribution < -0.4 is 14.8 Å². The normalized spacial score (nSPS) is 22.6. The number of nitrogens with zero attached hydrogens (tertiary/aromatic N) is 3.